The lowest BCUT2D eigenvalue weighted by Gasteiger charge is -2.15. The van der Waals surface area contributed by atoms with Gasteiger partial charge in [-0.25, -0.2) is 15.0 Å². The van der Waals surface area contributed by atoms with Crippen LogP contribution in [-0.2, 0) is 22.1 Å². The van der Waals surface area contributed by atoms with Crippen molar-refractivity contribution in [2.24, 2.45) is 0 Å². The summed E-state index contributed by atoms with van der Waals surface area (Å²) in [5.41, 5.74) is 12.9. The van der Waals surface area contributed by atoms with Crippen molar-refractivity contribution in [3.05, 3.63) is 34.9 Å². The number of aromatic nitrogens is 4. The van der Waals surface area contributed by atoms with Gasteiger partial charge < -0.3 is 26.1 Å². The SMILES string of the molecule is CCO[P+](O)(CCCOc1ccc2nc(CNC(=O)c3nc(Cl)c(N)nc3N)n(CC)c2c1)OCC. The van der Waals surface area contributed by atoms with Crippen molar-refractivity contribution in [2.75, 3.05) is 37.4 Å². The van der Waals surface area contributed by atoms with E-state index in [1.807, 2.05) is 43.5 Å². The molecule has 1 aromatic carbocycles. The summed E-state index contributed by atoms with van der Waals surface area (Å²) in [5, 5.41) is 2.66. The van der Waals surface area contributed by atoms with E-state index in [9.17, 15) is 9.69 Å². The third kappa shape index (κ3) is 6.71. The monoisotopic (exact) mass is 540 g/mol. The van der Waals surface area contributed by atoms with Crippen LogP contribution in [0.3, 0.4) is 0 Å². The molecule has 0 saturated heterocycles. The molecule has 36 heavy (non-hydrogen) atoms. The molecule has 0 aliphatic rings. The number of nitrogens with one attached hydrogen (secondary N) is 1. The summed E-state index contributed by atoms with van der Waals surface area (Å²) in [6, 6.07) is 5.58. The molecule has 0 radical (unpaired) electrons. The van der Waals surface area contributed by atoms with Gasteiger partial charge in [-0.15, -0.1) is 0 Å². The van der Waals surface area contributed by atoms with Gasteiger partial charge in [-0.2, -0.15) is 13.9 Å². The third-order valence-electron chi connectivity index (χ3n) is 5.16. The van der Waals surface area contributed by atoms with Crippen LogP contribution in [0.25, 0.3) is 11.0 Å². The maximum atomic E-state index is 12.6. The zero-order chi connectivity index (χ0) is 26.3. The number of anilines is 2. The topological polar surface area (TPSA) is 173 Å². The van der Waals surface area contributed by atoms with Crippen LogP contribution in [0.2, 0.25) is 5.15 Å². The number of benzene rings is 1. The highest BCUT2D eigenvalue weighted by Crippen LogP contribution is 2.57. The number of hydrogen-bond donors (Lipinski definition) is 4. The minimum atomic E-state index is -2.84. The van der Waals surface area contributed by atoms with E-state index >= 15 is 0 Å². The summed E-state index contributed by atoms with van der Waals surface area (Å²) in [6.07, 6.45) is 0.968. The summed E-state index contributed by atoms with van der Waals surface area (Å²) in [4.78, 5) is 35.4. The van der Waals surface area contributed by atoms with Crippen LogP contribution in [-0.4, -0.2) is 56.3 Å². The highest BCUT2D eigenvalue weighted by molar-refractivity contribution is 7.60. The van der Waals surface area contributed by atoms with Crippen molar-refractivity contribution >= 4 is 48.1 Å². The molecule has 6 N–H and O–H groups in total. The Morgan fingerprint density at radius 1 is 1.14 bits per heavy atom. The number of nitrogen functional groups attached to an aromatic ring is 2. The molecule has 196 valence electrons. The molecule has 0 spiro atoms. The fraction of sp³-hybridized carbons (Fsp3) is 0.455. The molecule has 0 bridgehead atoms. The summed E-state index contributed by atoms with van der Waals surface area (Å²) in [5.74, 6) is 0.625. The lowest BCUT2D eigenvalue weighted by molar-refractivity contribution is 0.0945. The first-order valence-electron chi connectivity index (χ1n) is 11.6. The second-order valence-electron chi connectivity index (χ2n) is 7.64. The van der Waals surface area contributed by atoms with E-state index in [4.69, 9.17) is 36.9 Å². The van der Waals surface area contributed by atoms with Gasteiger partial charge >= 0.3 is 7.94 Å². The molecule has 0 fully saturated rings. The molecule has 14 heteroatoms. The summed E-state index contributed by atoms with van der Waals surface area (Å²) >= 11 is 5.87. The van der Waals surface area contributed by atoms with Gasteiger partial charge in [-0.3, -0.25) is 4.79 Å². The molecule has 0 saturated carbocycles. The van der Waals surface area contributed by atoms with Gasteiger partial charge in [0.1, 0.15) is 17.7 Å². The normalized spacial score (nSPS) is 11.7. The first-order valence-corrected chi connectivity index (χ1v) is 13.7. The number of carbonyl (C=O) groups is 1. The third-order valence-corrected chi connectivity index (χ3v) is 7.64. The Kier molecular flexibility index (Phi) is 9.63. The molecular weight excluding hydrogens is 509 g/mol. The number of rotatable bonds is 13. The van der Waals surface area contributed by atoms with Crippen LogP contribution in [0.1, 0.15) is 43.5 Å². The van der Waals surface area contributed by atoms with Crippen molar-refractivity contribution in [1.29, 1.82) is 0 Å². The number of carbonyl (C=O) groups excluding carboxylic acids is 1. The Morgan fingerprint density at radius 3 is 2.53 bits per heavy atom. The largest absolute Gasteiger partial charge is 0.493 e. The van der Waals surface area contributed by atoms with E-state index in [2.05, 4.69) is 20.3 Å². The minimum Gasteiger partial charge on any atom is -0.493 e. The smallest absolute Gasteiger partial charge is 0.408 e. The predicted octanol–water partition coefficient (Wildman–Crippen LogP) is 3.19. The molecule has 0 aliphatic heterocycles. The number of halogens is 1. The molecule has 1 amide bonds. The first-order chi connectivity index (χ1) is 17.2. The van der Waals surface area contributed by atoms with Crippen molar-refractivity contribution in [3.8, 4) is 5.75 Å². The number of hydrogen-bond acceptors (Lipinski definition) is 10. The van der Waals surface area contributed by atoms with E-state index in [0.29, 0.717) is 50.5 Å². The second kappa shape index (κ2) is 12.5. The lowest BCUT2D eigenvalue weighted by Crippen LogP contribution is -2.27. The Labute approximate surface area is 214 Å². The maximum absolute atomic E-state index is 12.6. The minimum absolute atomic E-state index is 0.0440. The standard InChI is InChI=1S/C22H31ClN7O5P/c1-4-30-16-12-14(33-10-7-11-36(32,34-5-2)35-6-3)8-9-15(16)27-17(30)13-26-22(31)18-20(24)29-21(25)19(23)28-18/h8-9,12,32H,4-7,10-11,13H2,1-3H3,(H4-,24,25,26,29,31)/p+1. The Hall–Kier alpha value is -2.76. The molecule has 0 unspecified atom stereocenters. The number of nitrogens with two attached hydrogens (primary N) is 2. The van der Waals surface area contributed by atoms with Crippen LogP contribution < -0.4 is 21.5 Å². The summed E-state index contributed by atoms with van der Waals surface area (Å²) in [7, 11) is -2.84. The van der Waals surface area contributed by atoms with Crippen molar-refractivity contribution < 1.29 is 23.5 Å². The molecule has 3 aromatic rings. The zero-order valence-electron chi connectivity index (χ0n) is 20.5. The van der Waals surface area contributed by atoms with Crippen molar-refractivity contribution in [1.82, 2.24) is 24.8 Å². The van der Waals surface area contributed by atoms with Crippen molar-refractivity contribution in [2.45, 2.75) is 40.3 Å². The van der Waals surface area contributed by atoms with Crippen molar-refractivity contribution in [3.63, 3.8) is 0 Å². The van der Waals surface area contributed by atoms with E-state index in [1.165, 1.54) is 0 Å². The molecule has 2 heterocycles. The predicted molar refractivity (Wildman–Crippen MR) is 140 cm³/mol. The average molecular weight is 541 g/mol. The van der Waals surface area contributed by atoms with E-state index in [1.54, 1.807) is 0 Å². The summed E-state index contributed by atoms with van der Waals surface area (Å²) < 4.78 is 18.7. The number of fused-ring (bicyclic) bond motifs is 1. The van der Waals surface area contributed by atoms with Gasteiger partial charge in [0.15, 0.2) is 22.5 Å². The quantitative estimate of drug-likeness (QED) is 0.186. The highest BCUT2D eigenvalue weighted by Gasteiger charge is 2.39. The average Bonchev–Trinajstić information content (AvgIpc) is 3.19. The summed E-state index contributed by atoms with van der Waals surface area (Å²) in [6.45, 7) is 7.56. The number of amides is 1. The van der Waals surface area contributed by atoms with E-state index < -0.39 is 13.9 Å². The molecule has 2 aromatic heterocycles. The fourth-order valence-corrected chi connectivity index (χ4v) is 5.40. The van der Waals surface area contributed by atoms with Crippen LogP contribution in [0.15, 0.2) is 18.2 Å². The second-order valence-corrected chi connectivity index (χ2v) is 10.2. The van der Waals surface area contributed by atoms with E-state index in [-0.39, 0.29) is 29.0 Å². The van der Waals surface area contributed by atoms with Crippen LogP contribution in [0, 0.1) is 0 Å². The fourth-order valence-electron chi connectivity index (χ4n) is 3.61. The molecule has 3 rings (SSSR count). The van der Waals surface area contributed by atoms with Gasteiger partial charge in [0.05, 0.1) is 37.4 Å². The Balaban J connectivity index is 1.66. The number of aryl methyl sites for hydroxylation is 1. The van der Waals surface area contributed by atoms with E-state index in [0.717, 1.165) is 11.0 Å². The van der Waals surface area contributed by atoms with Gasteiger partial charge in [-0.05, 0) is 32.9 Å². The lowest BCUT2D eigenvalue weighted by atomic mass is 10.3. The zero-order valence-corrected chi connectivity index (χ0v) is 22.2. The number of nitrogens with zero attached hydrogens (tertiary/aromatic N) is 4. The molecule has 0 aliphatic carbocycles. The van der Waals surface area contributed by atoms with Crippen LogP contribution in [0.4, 0.5) is 11.6 Å². The Bertz CT molecular complexity index is 1200. The van der Waals surface area contributed by atoms with Crippen LogP contribution >= 0.6 is 19.5 Å². The molecule has 0 atom stereocenters. The van der Waals surface area contributed by atoms with Gasteiger partial charge in [0.2, 0.25) is 0 Å². The molecular formula is C22H32ClN7O5P+. The van der Waals surface area contributed by atoms with Crippen LogP contribution in [0.5, 0.6) is 5.75 Å². The maximum Gasteiger partial charge on any atom is 0.408 e. The van der Waals surface area contributed by atoms with Gasteiger partial charge in [0, 0.05) is 19.0 Å². The highest BCUT2D eigenvalue weighted by atomic mass is 35.5. The first kappa shape index (κ1) is 27.8. The van der Waals surface area contributed by atoms with Gasteiger partial charge in [0.25, 0.3) is 5.91 Å². The Morgan fingerprint density at radius 2 is 1.86 bits per heavy atom. The van der Waals surface area contributed by atoms with Gasteiger partial charge in [-0.1, -0.05) is 11.6 Å². The number of imidazole rings is 1. The number of ether oxygens (including phenoxy) is 1. The molecule has 12 nitrogen and oxygen atoms in total.